The summed E-state index contributed by atoms with van der Waals surface area (Å²) >= 11 is 0. The number of nitro groups is 2. The second-order valence-electron chi connectivity index (χ2n) is 5.32. The molecule has 1 aliphatic heterocycles. The van der Waals surface area contributed by atoms with E-state index in [-0.39, 0.29) is 22.9 Å². The Balaban J connectivity index is 1.53. The molecule has 11 nitrogen and oxygen atoms in total. The van der Waals surface area contributed by atoms with E-state index < -0.39 is 34.0 Å². The van der Waals surface area contributed by atoms with Gasteiger partial charge in [0.15, 0.2) is 12.2 Å². The van der Waals surface area contributed by atoms with Gasteiger partial charge in [0, 0.05) is 24.3 Å². The lowest BCUT2D eigenvalue weighted by Gasteiger charge is -2.03. The molecule has 11 heteroatoms. The number of rotatable bonds is 6. The minimum absolute atomic E-state index is 0.0589. The topological polar surface area (TPSA) is 151 Å². The molecule has 0 saturated carbocycles. The number of hydrogen-bond donors (Lipinski definition) is 0. The van der Waals surface area contributed by atoms with Gasteiger partial charge >= 0.3 is 11.9 Å². The lowest BCUT2D eigenvalue weighted by molar-refractivity contribution is -0.385. The molecule has 2 atom stereocenters. The molecule has 1 saturated heterocycles. The zero-order valence-electron chi connectivity index (χ0n) is 13.3. The summed E-state index contributed by atoms with van der Waals surface area (Å²) in [7, 11) is 0. The van der Waals surface area contributed by atoms with Gasteiger partial charge < -0.3 is 14.2 Å². The van der Waals surface area contributed by atoms with Gasteiger partial charge in [0.2, 0.25) is 0 Å². The van der Waals surface area contributed by atoms with E-state index in [1.54, 1.807) is 0 Å². The highest BCUT2D eigenvalue weighted by Gasteiger charge is 2.53. The molecular formula is C16H10N2O9. The number of nitro benzene ring substituents is 2. The van der Waals surface area contributed by atoms with Gasteiger partial charge in [-0.15, -0.1) is 0 Å². The molecule has 0 radical (unpaired) electrons. The van der Waals surface area contributed by atoms with Crippen molar-refractivity contribution in [1.29, 1.82) is 0 Å². The highest BCUT2D eigenvalue weighted by Crippen LogP contribution is 2.28. The molecule has 138 valence electrons. The smallest absolute Gasteiger partial charge is 0.344 e. The van der Waals surface area contributed by atoms with E-state index in [1.807, 2.05) is 0 Å². The van der Waals surface area contributed by atoms with Gasteiger partial charge in [0.25, 0.3) is 11.4 Å². The van der Waals surface area contributed by atoms with Crippen LogP contribution in [0.5, 0.6) is 11.5 Å². The predicted molar refractivity (Wildman–Crippen MR) is 86.1 cm³/mol. The highest BCUT2D eigenvalue weighted by molar-refractivity contribution is 5.91. The van der Waals surface area contributed by atoms with Crippen molar-refractivity contribution in [3.63, 3.8) is 0 Å². The number of carbonyl (C=O) groups excluding carboxylic acids is 2. The number of esters is 2. The van der Waals surface area contributed by atoms with Crippen molar-refractivity contribution in [3.05, 3.63) is 68.8 Å². The van der Waals surface area contributed by atoms with Crippen molar-refractivity contribution < 1.29 is 33.6 Å². The Hall–Kier alpha value is -3.86. The summed E-state index contributed by atoms with van der Waals surface area (Å²) in [4.78, 5) is 43.8. The van der Waals surface area contributed by atoms with Gasteiger partial charge in [-0.05, 0) is 24.3 Å². The monoisotopic (exact) mass is 374 g/mol. The molecule has 0 aliphatic carbocycles. The van der Waals surface area contributed by atoms with Crippen LogP contribution in [0.3, 0.4) is 0 Å². The van der Waals surface area contributed by atoms with Crippen LogP contribution in [0.4, 0.5) is 11.4 Å². The highest BCUT2D eigenvalue weighted by atomic mass is 16.7. The number of nitrogens with zero attached hydrogens (tertiary/aromatic N) is 2. The van der Waals surface area contributed by atoms with Gasteiger partial charge in [-0.25, -0.2) is 9.59 Å². The van der Waals surface area contributed by atoms with E-state index in [0.717, 1.165) is 24.3 Å². The lowest BCUT2D eigenvalue weighted by Crippen LogP contribution is -2.23. The van der Waals surface area contributed by atoms with E-state index in [2.05, 4.69) is 0 Å². The molecule has 0 aromatic heterocycles. The maximum absolute atomic E-state index is 11.9. The summed E-state index contributed by atoms with van der Waals surface area (Å²) in [6.07, 6.45) is -2.32. The van der Waals surface area contributed by atoms with Crippen LogP contribution in [0.25, 0.3) is 0 Å². The van der Waals surface area contributed by atoms with Crippen LogP contribution < -0.4 is 9.47 Å². The standard InChI is InChI=1S/C16H10N2O9/c19-15(25-11-5-1-9(2-6-11)17(21)22)13-14(27-13)16(20)26-12-7-3-10(4-8-12)18(23)24/h1-8,13-14H/t13-,14+. The largest absolute Gasteiger partial charge is 0.425 e. The second kappa shape index (κ2) is 7.17. The molecule has 2 aromatic carbocycles. The summed E-state index contributed by atoms with van der Waals surface area (Å²) in [6.45, 7) is 0. The maximum atomic E-state index is 11.9. The first-order valence-corrected chi connectivity index (χ1v) is 7.43. The van der Waals surface area contributed by atoms with Gasteiger partial charge in [-0.3, -0.25) is 20.2 Å². The van der Waals surface area contributed by atoms with Crippen LogP contribution >= 0.6 is 0 Å². The van der Waals surface area contributed by atoms with E-state index in [0.29, 0.717) is 0 Å². The fraction of sp³-hybridized carbons (Fsp3) is 0.125. The van der Waals surface area contributed by atoms with Crippen LogP contribution in [-0.4, -0.2) is 34.0 Å². The van der Waals surface area contributed by atoms with Crippen molar-refractivity contribution in [1.82, 2.24) is 0 Å². The Bertz CT molecular complexity index is 833. The molecule has 1 fully saturated rings. The van der Waals surface area contributed by atoms with Crippen molar-refractivity contribution in [2.45, 2.75) is 12.2 Å². The Labute approximate surface area is 150 Å². The maximum Gasteiger partial charge on any atom is 0.344 e. The van der Waals surface area contributed by atoms with Crippen LogP contribution in [0, 0.1) is 20.2 Å². The summed E-state index contributed by atoms with van der Waals surface area (Å²) in [6, 6.07) is 9.61. The molecule has 0 bridgehead atoms. The summed E-state index contributed by atoms with van der Waals surface area (Å²) in [5.74, 6) is -1.59. The third kappa shape index (κ3) is 4.22. The molecule has 1 aliphatic rings. The molecule has 1 heterocycles. The molecule has 0 amide bonds. The summed E-state index contributed by atoms with van der Waals surface area (Å²) in [5, 5.41) is 21.1. The fourth-order valence-electron chi connectivity index (χ4n) is 2.09. The first-order chi connectivity index (χ1) is 12.8. The Morgan fingerprint density at radius 3 is 1.37 bits per heavy atom. The quantitative estimate of drug-likeness (QED) is 0.242. The number of non-ortho nitro benzene ring substituents is 2. The summed E-state index contributed by atoms with van der Waals surface area (Å²) in [5.41, 5.74) is -0.330. The normalized spacial score (nSPS) is 17.6. The molecule has 27 heavy (non-hydrogen) atoms. The molecule has 3 rings (SSSR count). The molecule has 2 aromatic rings. The minimum Gasteiger partial charge on any atom is -0.425 e. The van der Waals surface area contributed by atoms with Gasteiger partial charge in [0.1, 0.15) is 11.5 Å². The zero-order valence-corrected chi connectivity index (χ0v) is 13.3. The molecular weight excluding hydrogens is 364 g/mol. The van der Waals surface area contributed by atoms with Crippen LogP contribution in [0.15, 0.2) is 48.5 Å². The Kier molecular flexibility index (Phi) is 4.77. The predicted octanol–water partition coefficient (Wildman–Crippen LogP) is 1.78. The number of carbonyl (C=O) groups is 2. The van der Waals surface area contributed by atoms with Crippen LogP contribution in [0.1, 0.15) is 0 Å². The van der Waals surface area contributed by atoms with Crippen molar-refractivity contribution in [2.24, 2.45) is 0 Å². The average Bonchev–Trinajstić information content (AvgIpc) is 3.43. The minimum atomic E-state index is -1.16. The first kappa shape index (κ1) is 17.9. The SMILES string of the molecule is O=C(Oc1ccc([N+](=O)[O-])cc1)[C@H]1O[C@H]1C(=O)Oc1ccc([N+](=O)[O-])cc1. The van der Waals surface area contributed by atoms with Crippen LogP contribution in [0.2, 0.25) is 0 Å². The Morgan fingerprint density at radius 2 is 1.07 bits per heavy atom. The van der Waals surface area contributed by atoms with E-state index in [1.165, 1.54) is 24.3 Å². The first-order valence-electron chi connectivity index (χ1n) is 7.43. The number of benzene rings is 2. The molecule has 0 unspecified atom stereocenters. The number of hydrogen-bond acceptors (Lipinski definition) is 9. The summed E-state index contributed by atoms with van der Waals surface area (Å²) < 4.78 is 14.9. The average molecular weight is 374 g/mol. The van der Waals surface area contributed by atoms with E-state index in [4.69, 9.17) is 14.2 Å². The fourth-order valence-corrected chi connectivity index (χ4v) is 2.09. The zero-order chi connectivity index (χ0) is 19.6. The third-order valence-electron chi connectivity index (χ3n) is 3.49. The van der Waals surface area contributed by atoms with Crippen molar-refractivity contribution in [2.75, 3.05) is 0 Å². The second-order valence-corrected chi connectivity index (χ2v) is 5.32. The van der Waals surface area contributed by atoms with Crippen molar-refractivity contribution in [3.8, 4) is 11.5 Å². The Morgan fingerprint density at radius 1 is 0.741 bits per heavy atom. The van der Waals surface area contributed by atoms with Crippen LogP contribution in [-0.2, 0) is 14.3 Å². The third-order valence-corrected chi connectivity index (χ3v) is 3.49. The van der Waals surface area contributed by atoms with E-state index in [9.17, 15) is 29.8 Å². The molecule has 0 spiro atoms. The molecule has 0 N–H and O–H groups in total. The van der Waals surface area contributed by atoms with E-state index >= 15 is 0 Å². The number of epoxide rings is 1. The van der Waals surface area contributed by atoms with Gasteiger partial charge in [-0.2, -0.15) is 0 Å². The van der Waals surface area contributed by atoms with Crippen molar-refractivity contribution >= 4 is 23.3 Å². The lowest BCUT2D eigenvalue weighted by atomic mass is 10.3. The number of ether oxygens (including phenoxy) is 3. The van der Waals surface area contributed by atoms with Gasteiger partial charge in [0.05, 0.1) is 9.85 Å². The van der Waals surface area contributed by atoms with Gasteiger partial charge in [-0.1, -0.05) is 0 Å².